The Kier molecular flexibility index (Phi) is 5.76. The summed E-state index contributed by atoms with van der Waals surface area (Å²) in [7, 11) is 0. The van der Waals surface area contributed by atoms with Crippen molar-refractivity contribution in [3.05, 3.63) is 51.1 Å². The number of para-hydroxylation sites is 1. The van der Waals surface area contributed by atoms with E-state index in [0.29, 0.717) is 6.54 Å². The van der Waals surface area contributed by atoms with E-state index < -0.39 is 0 Å². The van der Waals surface area contributed by atoms with Crippen LogP contribution in [0.4, 0.5) is 5.69 Å². The average molecular weight is 353 g/mol. The van der Waals surface area contributed by atoms with Gasteiger partial charge >= 0.3 is 0 Å². The van der Waals surface area contributed by atoms with Crippen LogP contribution in [0.2, 0.25) is 0 Å². The van der Waals surface area contributed by atoms with Crippen LogP contribution in [0.25, 0.3) is 0 Å². The maximum atomic E-state index is 11.9. The molecule has 5 heteroatoms. The van der Waals surface area contributed by atoms with E-state index in [1.54, 1.807) is 11.3 Å². The van der Waals surface area contributed by atoms with E-state index in [1.165, 1.54) is 4.88 Å². The van der Waals surface area contributed by atoms with Crippen molar-refractivity contribution < 1.29 is 4.79 Å². The SMILES string of the molecule is CC(Cc1cccs1)NCC(=O)Nc1ccccc1Br. The van der Waals surface area contributed by atoms with Crippen molar-refractivity contribution >= 4 is 38.9 Å². The molecule has 0 aliphatic heterocycles. The summed E-state index contributed by atoms with van der Waals surface area (Å²) in [6.45, 7) is 2.40. The summed E-state index contributed by atoms with van der Waals surface area (Å²) in [6.07, 6.45) is 0.944. The van der Waals surface area contributed by atoms with Crippen molar-refractivity contribution in [1.82, 2.24) is 5.32 Å². The topological polar surface area (TPSA) is 41.1 Å². The van der Waals surface area contributed by atoms with Crippen LogP contribution in [0.3, 0.4) is 0 Å². The first-order chi connectivity index (χ1) is 9.65. The molecular weight excluding hydrogens is 336 g/mol. The fourth-order valence-corrected chi connectivity index (χ4v) is 3.05. The molecule has 1 atom stereocenters. The number of amides is 1. The van der Waals surface area contributed by atoms with Crippen molar-refractivity contribution in [2.24, 2.45) is 0 Å². The highest BCUT2D eigenvalue weighted by Crippen LogP contribution is 2.20. The molecule has 0 spiro atoms. The lowest BCUT2D eigenvalue weighted by atomic mass is 10.2. The molecule has 1 aromatic heterocycles. The fraction of sp³-hybridized carbons (Fsp3) is 0.267. The van der Waals surface area contributed by atoms with E-state index in [0.717, 1.165) is 16.6 Å². The lowest BCUT2D eigenvalue weighted by Gasteiger charge is -2.13. The van der Waals surface area contributed by atoms with Gasteiger partial charge < -0.3 is 10.6 Å². The van der Waals surface area contributed by atoms with Gasteiger partial charge in [-0.2, -0.15) is 0 Å². The monoisotopic (exact) mass is 352 g/mol. The molecular formula is C15H17BrN2OS. The minimum atomic E-state index is -0.0325. The first-order valence-electron chi connectivity index (χ1n) is 6.45. The smallest absolute Gasteiger partial charge is 0.238 e. The number of thiophene rings is 1. The third-order valence-electron chi connectivity index (χ3n) is 2.85. The number of hydrogen-bond donors (Lipinski definition) is 2. The van der Waals surface area contributed by atoms with Crippen LogP contribution >= 0.6 is 27.3 Å². The van der Waals surface area contributed by atoms with Gasteiger partial charge in [-0.15, -0.1) is 11.3 Å². The van der Waals surface area contributed by atoms with Crippen molar-refractivity contribution in [3.8, 4) is 0 Å². The molecule has 3 nitrogen and oxygen atoms in total. The van der Waals surface area contributed by atoms with Gasteiger partial charge in [0, 0.05) is 15.4 Å². The minimum absolute atomic E-state index is 0.0325. The largest absolute Gasteiger partial charge is 0.324 e. The molecule has 2 N–H and O–H groups in total. The minimum Gasteiger partial charge on any atom is -0.324 e. The van der Waals surface area contributed by atoms with Crippen molar-refractivity contribution in [2.45, 2.75) is 19.4 Å². The second-order valence-corrected chi connectivity index (χ2v) is 6.48. The van der Waals surface area contributed by atoms with Crippen LogP contribution < -0.4 is 10.6 Å². The number of carbonyl (C=O) groups is 1. The molecule has 106 valence electrons. The van der Waals surface area contributed by atoms with Crippen LogP contribution in [0, 0.1) is 0 Å². The number of anilines is 1. The Balaban J connectivity index is 1.76. The molecule has 1 heterocycles. The molecule has 0 aliphatic rings. The number of benzene rings is 1. The molecule has 0 saturated heterocycles. The first-order valence-corrected chi connectivity index (χ1v) is 8.12. The Labute approximate surface area is 131 Å². The van der Waals surface area contributed by atoms with Crippen molar-refractivity contribution in [2.75, 3.05) is 11.9 Å². The second kappa shape index (κ2) is 7.57. The number of halogens is 1. The lowest BCUT2D eigenvalue weighted by molar-refractivity contribution is -0.115. The molecule has 2 rings (SSSR count). The predicted molar refractivity (Wildman–Crippen MR) is 88.3 cm³/mol. The summed E-state index contributed by atoms with van der Waals surface area (Å²) in [5.41, 5.74) is 0.796. The van der Waals surface area contributed by atoms with E-state index in [2.05, 4.69) is 44.9 Å². The molecule has 0 fully saturated rings. The van der Waals surface area contributed by atoms with E-state index >= 15 is 0 Å². The summed E-state index contributed by atoms with van der Waals surface area (Å²) in [4.78, 5) is 13.2. The quantitative estimate of drug-likeness (QED) is 0.832. The van der Waals surface area contributed by atoms with Gasteiger partial charge in [-0.25, -0.2) is 0 Å². The second-order valence-electron chi connectivity index (χ2n) is 4.59. The number of rotatable bonds is 6. The Morgan fingerprint density at radius 2 is 2.10 bits per heavy atom. The predicted octanol–water partition coefficient (Wildman–Crippen LogP) is 3.67. The summed E-state index contributed by atoms with van der Waals surface area (Å²) >= 11 is 5.15. The zero-order valence-corrected chi connectivity index (χ0v) is 13.6. The zero-order chi connectivity index (χ0) is 14.4. The summed E-state index contributed by atoms with van der Waals surface area (Å²) in [5, 5.41) is 8.19. The molecule has 20 heavy (non-hydrogen) atoms. The lowest BCUT2D eigenvalue weighted by Crippen LogP contribution is -2.35. The van der Waals surface area contributed by atoms with Gasteiger partial charge in [0.15, 0.2) is 0 Å². The highest BCUT2D eigenvalue weighted by Gasteiger charge is 2.08. The van der Waals surface area contributed by atoms with Gasteiger partial charge in [-0.05, 0) is 52.9 Å². The fourth-order valence-electron chi connectivity index (χ4n) is 1.83. The zero-order valence-electron chi connectivity index (χ0n) is 11.2. The van der Waals surface area contributed by atoms with Crippen LogP contribution in [-0.4, -0.2) is 18.5 Å². The maximum Gasteiger partial charge on any atom is 0.238 e. The Hall–Kier alpha value is -1.17. The molecule has 0 aliphatic carbocycles. The van der Waals surface area contributed by atoms with Crippen molar-refractivity contribution in [1.29, 1.82) is 0 Å². The molecule has 2 aromatic rings. The summed E-state index contributed by atoms with van der Waals surface area (Å²) in [5.74, 6) is -0.0325. The molecule has 0 saturated carbocycles. The molecule has 1 unspecified atom stereocenters. The van der Waals surface area contributed by atoms with Gasteiger partial charge in [-0.3, -0.25) is 4.79 Å². The summed E-state index contributed by atoms with van der Waals surface area (Å²) in [6, 6.07) is 12.0. The Bertz CT molecular complexity index is 557. The summed E-state index contributed by atoms with van der Waals surface area (Å²) < 4.78 is 0.889. The molecule has 1 amide bonds. The van der Waals surface area contributed by atoms with E-state index in [1.807, 2.05) is 30.3 Å². The number of carbonyl (C=O) groups excluding carboxylic acids is 1. The van der Waals surface area contributed by atoms with Crippen LogP contribution in [0.1, 0.15) is 11.8 Å². The highest BCUT2D eigenvalue weighted by atomic mass is 79.9. The molecule has 0 radical (unpaired) electrons. The third kappa shape index (κ3) is 4.74. The average Bonchev–Trinajstić information content (AvgIpc) is 2.92. The maximum absolute atomic E-state index is 11.9. The normalized spacial score (nSPS) is 12.1. The standard InChI is InChI=1S/C15H17BrN2OS/c1-11(9-12-5-4-8-20-12)17-10-15(19)18-14-7-3-2-6-13(14)16/h2-8,11,17H,9-10H2,1H3,(H,18,19). The van der Waals surface area contributed by atoms with Gasteiger partial charge in [0.1, 0.15) is 0 Å². The van der Waals surface area contributed by atoms with Crippen LogP contribution in [-0.2, 0) is 11.2 Å². The number of hydrogen-bond acceptors (Lipinski definition) is 3. The first kappa shape index (κ1) is 15.2. The van der Waals surface area contributed by atoms with Gasteiger partial charge in [-0.1, -0.05) is 18.2 Å². The molecule has 0 bridgehead atoms. The third-order valence-corrected chi connectivity index (χ3v) is 4.44. The highest BCUT2D eigenvalue weighted by molar-refractivity contribution is 9.10. The van der Waals surface area contributed by atoms with Gasteiger partial charge in [0.05, 0.1) is 12.2 Å². The van der Waals surface area contributed by atoms with E-state index in [-0.39, 0.29) is 11.9 Å². The van der Waals surface area contributed by atoms with Gasteiger partial charge in [0.25, 0.3) is 0 Å². The molecule has 1 aromatic carbocycles. The number of nitrogens with one attached hydrogen (secondary N) is 2. The van der Waals surface area contributed by atoms with Crippen LogP contribution in [0.5, 0.6) is 0 Å². The van der Waals surface area contributed by atoms with E-state index in [9.17, 15) is 4.79 Å². The van der Waals surface area contributed by atoms with Gasteiger partial charge in [0.2, 0.25) is 5.91 Å². The van der Waals surface area contributed by atoms with Crippen LogP contribution in [0.15, 0.2) is 46.3 Å². The van der Waals surface area contributed by atoms with Crippen molar-refractivity contribution in [3.63, 3.8) is 0 Å². The Morgan fingerprint density at radius 1 is 1.30 bits per heavy atom. The Morgan fingerprint density at radius 3 is 2.80 bits per heavy atom. The van der Waals surface area contributed by atoms with E-state index in [4.69, 9.17) is 0 Å².